The maximum Gasteiger partial charge on any atom is 0.328 e. The highest BCUT2D eigenvalue weighted by Crippen LogP contribution is 2.39. The van der Waals surface area contributed by atoms with Gasteiger partial charge in [0.15, 0.2) is 0 Å². The molecule has 0 saturated carbocycles. The van der Waals surface area contributed by atoms with Crippen molar-refractivity contribution in [3.8, 4) is 16.9 Å². The van der Waals surface area contributed by atoms with Crippen LogP contribution in [-0.2, 0) is 20.7 Å². The minimum absolute atomic E-state index is 0.0978. The summed E-state index contributed by atoms with van der Waals surface area (Å²) < 4.78 is 30.3. The van der Waals surface area contributed by atoms with E-state index >= 15 is 0 Å². The van der Waals surface area contributed by atoms with Crippen LogP contribution in [0.1, 0.15) is 27.0 Å². The van der Waals surface area contributed by atoms with Crippen molar-refractivity contribution in [3.05, 3.63) is 107 Å². The molecule has 1 amide bonds. The molecule has 1 atom stereocenters. The second-order valence-electron chi connectivity index (χ2n) is 8.97. The zero-order valence-corrected chi connectivity index (χ0v) is 22.3. The molecule has 4 aromatic rings. The standard InChI is InChI=1S/C32H30FNO5/c1-20-9-5-15-26(33)29(20)31(35)34-27(32(36)39-4)19-22-11-6-13-24-23(22)12-8-14-25(24)30-21(17-18-37-2)10-7-16-28(30)38-3/h5-18,27H,19H2,1-4H3,(H,34,35)/b18-17-/t27-/m0/s1. The van der Waals surface area contributed by atoms with Crippen LogP contribution < -0.4 is 10.1 Å². The third kappa shape index (κ3) is 5.77. The fourth-order valence-corrected chi connectivity index (χ4v) is 4.76. The van der Waals surface area contributed by atoms with Gasteiger partial charge in [-0.15, -0.1) is 0 Å². The average Bonchev–Trinajstić information content (AvgIpc) is 2.94. The minimum atomic E-state index is -1.03. The topological polar surface area (TPSA) is 73.9 Å². The maximum atomic E-state index is 14.4. The van der Waals surface area contributed by atoms with Crippen LogP contribution >= 0.6 is 0 Å². The van der Waals surface area contributed by atoms with Crippen LogP contribution in [0.3, 0.4) is 0 Å². The minimum Gasteiger partial charge on any atom is -0.504 e. The molecule has 7 heteroatoms. The zero-order chi connectivity index (χ0) is 27.9. The molecule has 0 unspecified atom stereocenters. The summed E-state index contributed by atoms with van der Waals surface area (Å²) in [4.78, 5) is 25.8. The van der Waals surface area contributed by atoms with Crippen LogP contribution in [0.4, 0.5) is 4.39 Å². The van der Waals surface area contributed by atoms with E-state index in [9.17, 15) is 14.0 Å². The molecule has 200 valence electrons. The van der Waals surface area contributed by atoms with Gasteiger partial charge in [0.1, 0.15) is 17.6 Å². The fraction of sp³-hybridized carbons (Fsp3) is 0.188. The average molecular weight is 528 g/mol. The van der Waals surface area contributed by atoms with Gasteiger partial charge in [0, 0.05) is 12.0 Å². The van der Waals surface area contributed by atoms with Crippen molar-refractivity contribution < 1.29 is 28.2 Å². The number of fused-ring (bicyclic) bond motifs is 1. The monoisotopic (exact) mass is 527 g/mol. The number of rotatable bonds is 9. The Hall–Kier alpha value is -4.65. The van der Waals surface area contributed by atoms with Crippen molar-refractivity contribution in [2.24, 2.45) is 0 Å². The summed E-state index contributed by atoms with van der Waals surface area (Å²) in [6.45, 7) is 1.64. The van der Waals surface area contributed by atoms with E-state index in [2.05, 4.69) is 5.32 Å². The van der Waals surface area contributed by atoms with E-state index in [0.29, 0.717) is 11.3 Å². The molecule has 0 heterocycles. The van der Waals surface area contributed by atoms with E-state index in [0.717, 1.165) is 33.0 Å². The Balaban J connectivity index is 1.77. The number of aryl methyl sites for hydroxylation is 1. The zero-order valence-electron chi connectivity index (χ0n) is 22.3. The highest BCUT2D eigenvalue weighted by Gasteiger charge is 2.26. The number of hydrogen-bond donors (Lipinski definition) is 1. The predicted molar refractivity (Wildman–Crippen MR) is 150 cm³/mol. The van der Waals surface area contributed by atoms with E-state index in [1.165, 1.54) is 19.2 Å². The molecular weight excluding hydrogens is 497 g/mol. The molecule has 0 fully saturated rings. The second-order valence-corrected chi connectivity index (χ2v) is 8.97. The lowest BCUT2D eigenvalue weighted by Crippen LogP contribution is -2.43. The number of ether oxygens (including phenoxy) is 3. The van der Waals surface area contributed by atoms with Gasteiger partial charge < -0.3 is 19.5 Å². The van der Waals surface area contributed by atoms with Crippen molar-refractivity contribution in [3.63, 3.8) is 0 Å². The third-order valence-electron chi connectivity index (χ3n) is 6.61. The van der Waals surface area contributed by atoms with Crippen LogP contribution in [0.15, 0.2) is 79.1 Å². The molecule has 0 aliphatic heterocycles. The van der Waals surface area contributed by atoms with Gasteiger partial charge in [-0.2, -0.15) is 0 Å². The molecule has 39 heavy (non-hydrogen) atoms. The van der Waals surface area contributed by atoms with Gasteiger partial charge in [-0.05, 0) is 58.2 Å². The van der Waals surface area contributed by atoms with Gasteiger partial charge in [0.05, 0.1) is 33.2 Å². The Kier molecular flexibility index (Phi) is 8.61. The number of hydrogen-bond acceptors (Lipinski definition) is 5. The van der Waals surface area contributed by atoms with E-state index in [1.54, 1.807) is 33.5 Å². The summed E-state index contributed by atoms with van der Waals surface area (Å²) in [6.07, 6.45) is 3.62. The van der Waals surface area contributed by atoms with Crippen LogP contribution in [0, 0.1) is 12.7 Å². The first-order valence-electron chi connectivity index (χ1n) is 12.4. The molecule has 0 aliphatic carbocycles. The lowest BCUT2D eigenvalue weighted by molar-refractivity contribution is -0.142. The van der Waals surface area contributed by atoms with Gasteiger partial charge in [0.2, 0.25) is 0 Å². The highest BCUT2D eigenvalue weighted by atomic mass is 19.1. The highest BCUT2D eigenvalue weighted by molar-refractivity contribution is 6.02. The summed E-state index contributed by atoms with van der Waals surface area (Å²) in [5.74, 6) is -1.25. The number of esters is 1. The van der Waals surface area contributed by atoms with E-state index in [1.807, 2.05) is 60.7 Å². The van der Waals surface area contributed by atoms with E-state index < -0.39 is 23.7 Å². The van der Waals surface area contributed by atoms with Crippen molar-refractivity contribution in [1.82, 2.24) is 5.32 Å². The van der Waals surface area contributed by atoms with E-state index in [4.69, 9.17) is 14.2 Å². The van der Waals surface area contributed by atoms with Crippen LogP contribution in [0.5, 0.6) is 5.75 Å². The third-order valence-corrected chi connectivity index (χ3v) is 6.61. The van der Waals surface area contributed by atoms with E-state index in [-0.39, 0.29) is 12.0 Å². The molecule has 0 spiro atoms. The predicted octanol–water partition coefficient (Wildman–Crippen LogP) is 6.09. The van der Waals surface area contributed by atoms with Gasteiger partial charge >= 0.3 is 5.97 Å². The smallest absolute Gasteiger partial charge is 0.328 e. The molecule has 0 radical (unpaired) electrons. The largest absolute Gasteiger partial charge is 0.504 e. The Morgan fingerprint density at radius 3 is 2.36 bits per heavy atom. The number of halogens is 1. The summed E-state index contributed by atoms with van der Waals surface area (Å²) in [7, 11) is 4.47. The number of methoxy groups -OCH3 is 3. The SMILES string of the molecule is CO/C=C\c1cccc(OC)c1-c1cccc2c(C[C@H](NC(=O)c3c(C)cccc3F)C(=O)OC)cccc12. The molecule has 4 aromatic carbocycles. The number of amides is 1. The first kappa shape index (κ1) is 27.4. The van der Waals surface area contributed by atoms with Crippen LogP contribution in [0.25, 0.3) is 28.0 Å². The number of carbonyl (C=O) groups is 2. The van der Waals surface area contributed by atoms with Gasteiger partial charge in [-0.25, -0.2) is 9.18 Å². The first-order valence-corrected chi connectivity index (χ1v) is 12.4. The molecule has 0 aromatic heterocycles. The fourth-order valence-electron chi connectivity index (χ4n) is 4.76. The van der Waals surface area contributed by atoms with Crippen molar-refractivity contribution in [1.29, 1.82) is 0 Å². The first-order chi connectivity index (χ1) is 18.9. The van der Waals surface area contributed by atoms with Crippen molar-refractivity contribution in [2.75, 3.05) is 21.3 Å². The Labute approximate surface area is 227 Å². The summed E-state index contributed by atoms with van der Waals surface area (Å²) in [5, 5.41) is 4.51. The van der Waals surface area contributed by atoms with Crippen molar-refractivity contribution >= 4 is 28.7 Å². The van der Waals surface area contributed by atoms with Crippen LogP contribution in [-0.4, -0.2) is 39.2 Å². The Morgan fingerprint density at radius 2 is 1.64 bits per heavy atom. The molecule has 0 bridgehead atoms. The molecular formula is C32H30FNO5. The van der Waals surface area contributed by atoms with Crippen LogP contribution in [0.2, 0.25) is 0 Å². The summed E-state index contributed by atoms with van der Waals surface area (Å²) >= 11 is 0. The molecule has 6 nitrogen and oxygen atoms in total. The molecule has 0 saturated heterocycles. The summed E-state index contributed by atoms with van der Waals surface area (Å²) in [5.41, 5.74) is 3.93. The number of nitrogens with one attached hydrogen (secondary N) is 1. The normalized spacial score (nSPS) is 11.8. The molecule has 4 rings (SSSR count). The number of carbonyl (C=O) groups excluding carboxylic acids is 2. The Bertz CT molecular complexity index is 1530. The number of benzene rings is 4. The molecule has 0 aliphatic rings. The molecule has 1 N–H and O–H groups in total. The van der Waals surface area contributed by atoms with Gasteiger partial charge in [-0.3, -0.25) is 4.79 Å². The lowest BCUT2D eigenvalue weighted by atomic mass is 9.90. The maximum absolute atomic E-state index is 14.4. The van der Waals surface area contributed by atoms with Crippen molar-refractivity contribution in [2.45, 2.75) is 19.4 Å². The Morgan fingerprint density at radius 1 is 0.923 bits per heavy atom. The lowest BCUT2D eigenvalue weighted by Gasteiger charge is -2.20. The second kappa shape index (κ2) is 12.3. The van der Waals surface area contributed by atoms with Gasteiger partial charge in [-0.1, -0.05) is 60.7 Å². The summed E-state index contributed by atoms with van der Waals surface area (Å²) in [6, 6.07) is 20.9. The van der Waals surface area contributed by atoms with Gasteiger partial charge in [0.25, 0.3) is 5.91 Å². The quantitative estimate of drug-likeness (QED) is 0.211.